The number of hydrogen-bond acceptors (Lipinski definition) is 6. The molecule has 0 saturated carbocycles. The fourth-order valence-electron chi connectivity index (χ4n) is 2.01. The van der Waals surface area contributed by atoms with E-state index in [0.29, 0.717) is 18.9 Å². The molecule has 0 aliphatic carbocycles. The number of amides is 1. The minimum Gasteiger partial charge on any atom is -0.482 e. The number of benzene rings is 1. The SMILES string of the molecule is CCOC(=O)COc1ccc(SC(C)CNC(=O)OC(C)(C)C)cc1C. The summed E-state index contributed by atoms with van der Waals surface area (Å²) < 4.78 is 15.5. The van der Waals surface area contributed by atoms with Crippen molar-refractivity contribution in [3.8, 4) is 5.75 Å². The first-order valence-electron chi connectivity index (χ1n) is 8.63. The van der Waals surface area contributed by atoms with Crippen LogP contribution < -0.4 is 10.1 Å². The van der Waals surface area contributed by atoms with Crippen molar-refractivity contribution in [1.82, 2.24) is 5.32 Å². The number of nitrogens with one attached hydrogen (secondary N) is 1. The third-order valence-corrected chi connectivity index (χ3v) is 4.16. The van der Waals surface area contributed by atoms with E-state index in [2.05, 4.69) is 5.32 Å². The zero-order valence-electron chi connectivity index (χ0n) is 16.4. The molecule has 1 atom stereocenters. The first-order chi connectivity index (χ1) is 12.1. The molecular formula is C19H29NO5S. The van der Waals surface area contributed by atoms with Gasteiger partial charge in [0.25, 0.3) is 0 Å². The largest absolute Gasteiger partial charge is 0.482 e. The van der Waals surface area contributed by atoms with Crippen LogP contribution in [-0.2, 0) is 14.3 Å². The van der Waals surface area contributed by atoms with Crippen molar-refractivity contribution in [2.75, 3.05) is 19.8 Å². The monoisotopic (exact) mass is 383 g/mol. The van der Waals surface area contributed by atoms with Crippen LogP contribution in [0.3, 0.4) is 0 Å². The lowest BCUT2D eigenvalue weighted by Gasteiger charge is -2.20. The number of carbonyl (C=O) groups excluding carboxylic acids is 2. The highest BCUT2D eigenvalue weighted by molar-refractivity contribution is 8.00. The Morgan fingerprint density at radius 2 is 1.96 bits per heavy atom. The number of carbonyl (C=O) groups is 2. The zero-order chi connectivity index (χ0) is 19.7. The van der Waals surface area contributed by atoms with E-state index in [1.807, 2.05) is 52.8 Å². The molecule has 0 aliphatic heterocycles. The maximum Gasteiger partial charge on any atom is 0.407 e. The molecule has 0 fully saturated rings. The summed E-state index contributed by atoms with van der Waals surface area (Å²) in [6, 6.07) is 5.77. The maximum atomic E-state index is 11.7. The third-order valence-electron chi connectivity index (χ3n) is 3.07. The minimum atomic E-state index is -0.503. The molecule has 1 amide bonds. The molecule has 0 radical (unpaired) electrons. The van der Waals surface area contributed by atoms with Crippen LogP contribution in [0.25, 0.3) is 0 Å². The van der Waals surface area contributed by atoms with Crippen LogP contribution in [0, 0.1) is 6.92 Å². The molecule has 1 aromatic carbocycles. The summed E-state index contributed by atoms with van der Waals surface area (Å²) in [6.45, 7) is 11.9. The van der Waals surface area contributed by atoms with Gasteiger partial charge < -0.3 is 19.5 Å². The Kier molecular flexibility index (Phi) is 8.78. The first kappa shape index (κ1) is 22.2. The number of aryl methyl sites for hydroxylation is 1. The van der Waals surface area contributed by atoms with Gasteiger partial charge >= 0.3 is 12.1 Å². The van der Waals surface area contributed by atoms with Crippen molar-refractivity contribution in [3.63, 3.8) is 0 Å². The van der Waals surface area contributed by atoms with Gasteiger partial charge in [0.1, 0.15) is 11.4 Å². The van der Waals surface area contributed by atoms with E-state index < -0.39 is 11.7 Å². The van der Waals surface area contributed by atoms with Gasteiger partial charge in [0.2, 0.25) is 0 Å². The van der Waals surface area contributed by atoms with Gasteiger partial charge in [-0.2, -0.15) is 0 Å². The predicted molar refractivity (Wildman–Crippen MR) is 103 cm³/mol. The Morgan fingerprint density at radius 1 is 1.27 bits per heavy atom. The van der Waals surface area contributed by atoms with Gasteiger partial charge in [-0.3, -0.25) is 0 Å². The number of hydrogen-bond donors (Lipinski definition) is 1. The highest BCUT2D eigenvalue weighted by Crippen LogP contribution is 2.28. The average Bonchev–Trinajstić information content (AvgIpc) is 2.51. The number of thioether (sulfide) groups is 1. The summed E-state index contributed by atoms with van der Waals surface area (Å²) >= 11 is 1.64. The van der Waals surface area contributed by atoms with E-state index in [0.717, 1.165) is 10.5 Å². The first-order valence-corrected chi connectivity index (χ1v) is 9.51. The number of esters is 1. The molecule has 1 rings (SSSR count). The maximum absolute atomic E-state index is 11.7. The van der Waals surface area contributed by atoms with E-state index in [1.165, 1.54) is 0 Å². The average molecular weight is 384 g/mol. The lowest BCUT2D eigenvalue weighted by atomic mass is 10.2. The molecule has 6 nitrogen and oxygen atoms in total. The van der Waals surface area contributed by atoms with Gasteiger partial charge in [-0.15, -0.1) is 11.8 Å². The van der Waals surface area contributed by atoms with Gasteiger partial charge in [0.15, 0.2) is 6.61 Å². The summed E-state index contributed by atoms with van der Waals surface area (Å²) in [7, 11) is 0. The molecule has 0 saturated heterocycles. The summed E-state index contributed by atoms with van der Waals surface area (Å²) in [6.07, 6.45) is -0.413. The van der Waals surface area contributed by atoms with E-state index in [4.69, 9.17) is 14.2 Å². The quantitative estimate of drug-likeness (QED) is 0.541. The molecule has 0 heterocycles. The van der Waals surface area contributed by atoms with E-state index in [9.17, 15) is 9.59 Å². The van der Waals surface area contributed by atoms with Crippen LogP contribution in [0.5, 0.6) is 5.75 Å². The molecule has 0 spiro atoms. The van der Waals surface area contributed by atoms with Crippen molar-refractivity contribution < 1.29 is 23.8 Å². The van der Waals surface area contributed by atoms with Crippen LogP contribution in [0.4, 0.5) is 4.79 Å². The van der Waals surface area contributed by atoms with Gasteiger partial charge in [-0.05, 0) is 58.4 Å². The number of rotatable bonds is 8. The molecular weight excluding hydrogens is 354 g/mol. The molecule has 0 aromatic heterocycles. The van der Waals surface area contributed by atoms with Crippen LogP contribution in [0.15, 0.2) is 23.1 Å². The van der Waals surface area contributed by atoms with Crippen molar-refractivity contribution in [3.05, 3.63) is 23.8 Å². The molecule has 1 N–H and O–H groups in total. The van der Waals surface area contributed by atoms with Crippen molar-refractivity contribution in [2.24, 2.45) is 0 Å². The van der Waals surface area contributed by atoms with Gasteiger partial charge in [0, 0.05) is 16.7 Å². The second kappa shape index (κ2) is 10.3. The molecule has 146 valence electrons. The zero-order valence-corrected chi connectivity index (χ0v) is 17.2. The minimum absolute atomic E-state index is 0.0998. The van der Waals surface area contributed by atoms with Crippen LogP contribution in [0.2, 0.25) is 0 Å². The number of alkyl carbamates (subject to hydrolysis) is 1. The van der Waals surface area contributed by atoms with Gasteiger partial charge in [-0.1, -0.05) is 6.92 Å². The van der Waals surface area contributed by atoms with Crippen LogP contribution >= 0.6 is 11.8 Å². The standard InChI is InChI=1S/C19H29NO5S/c1-7-23-17(21)12-24-16-9-8-15(10-13(16)2)26-14(3)11-20-18(22)25-19(4,5)6/h8-10,14H,7,11-12H2,1-6H3,(H,20,22). The normalized spacial score (nSPS) is 12.2. The van der Waals surface area contributed by atoms with Gasteiger partial charge in [0.05, 0.1) is 6.61 Å². The molecule has 1 aromatic rings. The fourth-order valence-corrected chi connectivity index (χ4v) is 3.03. The Morgan fingerprint density at radius 3 is 2.54 bits per heavy atom. The summed E-state index contributed by atoms with van der Waals surface area (Å²) in [5, 5.41) is 2.95. The number of ether oxygens (including phenoxy) is 3. The Balaban J connectivity index is 2.48. The smallest absolute Gasteiger partial charge is 0.407 e. The predicted octanol–water partition coefficient (Wildman–Crippen LogP) is 3.94. The Labute approximate surface area is 160 Å². The fraction of sp³-hybridized carbons (Fsp3) is 0.579. The summed E-state index contributed by atoms with van der Waals surface area (Å²) in [5.74, 6) is 0.272. The Hall–Kier alpha value is -1.89. The van der Waals surface area contributed by atoms with Crippen molar-refractivity contribution in [2.45, 2.75) is 57.3 Å². The van der Waals surface area contributed by atoms with Crippen LogP contribution in [0.1, 0.15) is 40.2 Å². The summed E-state index contributed by atoms with van der Waals surface area (Å²) in [5.41, 5.74) is 0.434. The highest BCUT2D eigenvalue weighted by Gasteiger charge is 2.16. The molecule has 26 heavy (non-hydrogen) atoms. The molecule has 1 unspecified atom stereocenters. The highest BCUT2D eigenvalue weighted by atomic mass is 32.2. The molecule has 7 heteroatoms. The molecule has 0 aliphatic rings. The van der Waals surface area contributed by atoms with E-state index in [-0.39, 0.29) is 17.8 Å². The van der Waals surface area contributed by atoms with Crippen molar-refractivity contribution >= 4 is 23.8 Å². The van der Waals surface area contributed by atoms with E-state index in [1.54, 1.807) is 18.7 Å². The third kappa shape index (κ3) is 8.99. The van der Waals surface area contributed by atoms with Crippen molar-refractivity contribution in [1.29, 1.82) is 0 Å². The van der Waals surface area contributed by atoms with Crippen LogP contribution in [-0.4, -0.2) is 42.7 Å². The Bertz CT molecular complexity index is 612. The lowest BCUT2D eigenvalue weighted by molar-refractivity contribution is -0.145. The summed E-state index contributed by atoms with van der Waals surface area (Å²) in [4.78, 5) is 24.1. The van der Waals surface area contributed by atoms with Gasteiger partial charge in [-0.25, -0.2) is 9.59 Å². The topological polar surface area (TPSA) is 73.9 Å². The second-order valence-corrected chi connectivity index (χ2v) is 8.34. The molecule has 0 bridgehead atoms. The van der Waals surface area contributed by atoms with E-state index >= 15 is 0 Å². The lowest BCUT2D eigenvalue weighted by Crippen LogP contribution is -2.35. The second-order valence-electron chi connectivity index (χ2n) is 6.83.